The predicted octanol–water partition coefficient (Wildman–Crippen LogP) is 24.3. The molecule has 0 fully saturated rings. The summed E-state index contributed by atoms with van der Waals surface area (Å²) in [6.45, 7) is 12.3. The number of aryl methyl sites for hydroxylation is 6. The molecule has 0 amide bonds. The maximum absolute atomic E-state index is 10.8. The van der Waals surface area contributed by atoms with E-state index in [0.717, 1.165) is 99.7 Å². The summed E-state index contributed by atoms with van der Waals surface area (Å²) in [5.41, 5.74) is 18.0. The molecule has 9 unspecified atom stereocenters. The smallest absolute Gasteiger partial charge is 0.269 e. The van der Waals surface area contributed by atoms with E-state index < -0.39 is 35.4 Å². The van der Waals surface area contributed by atoms with Crippen LogP contribution in [-0.2, 0) is 0 Å². The van der Waals surface area contributed by atoms with E-state index in [-0.39, 0.29) is 42.7 Å². The predicted molar refractivity (Wildman–Crippen MR) is 474 cm³/mol. The Morgan fingerprint density at radius 3 is 0.540 bits per heavy atom. The number of aliphatic hydroxyl groups excluding tert-OH is 5. The number of terminal acetylenes is 5. The van der Waals surface area contributed by atoms with Gasteiger partial charge in [-0.05, 0) is 198 Å². The number of rotatable bonds is 31. The number of hydrogen-bond donors (Lipinski definition) is 5. The van der Waals surface area contributed by atoms with Crippen LogP contribution in [0.1, 0.15) is 222 Å². The number of hydrogen-bond acceptors (Lipinski definition) is 7. The van der Waals surface area contributed by atoms with Gasteiger partial charge in [-0.1, -0.05) is 270 Å². The van der Waals surface area contributed by atoms with Gasteiger partial charge >= 0.3 is 0 Å². The van der Waals surface area contributed by atoms with Crippen LogP contribution in [0.4, 0.5) is 5.69 Å². The molecule has 0 heterocycles. The van der Waals surface area contributed by atoms with Crippen molar-refractivity contribution < 1.29 is 30.5 Å². The van der Waals surface area contributed by atoms with Crippen LogP contribution >= 0.6 is 34.8 Å². The fourth-order valence-corrected chi connectivity index (χ4v) is 13.9. The van der Waals surface area contributed by atoms with Crippen LogP contribution in [-0.4, -0.2) is 61.0 Å². The van der Waals surface area contributed by atoms with Gasteiger partial charge in [-0.15, -0.1) is 61.7 Å². The van der Waals surface area contributed by atoms with Gasteiger partial charge in [0.05, 0.1) is 35.4 Å². The minimum absolute atomic E-state index is 0. The molecule has 9 atom stereocenters. The lowest BCUT2D eigenvalue weighted by Crippen LogP contribution is -2.20. The molecule has 8 nitrogen and oxygen atoms in total. The van der Waals surface area contributed by atoms with Crippen LogP contribution in [0.3, 0.4) is 0 Å². The highest BCUT2D eigenvalue weighted by atomic mass is 35.5. The minimum Gasteiger partial charge on any atom is -0.392 e. The van der Waals surface area contributed by atoms with Gasteiger partial charge in [0.2, 0.25) is 0 Å². The Labute approximate surface area is 690 Å². The summed E-state index contributed by atoms with van der Waals surface area (Å²) < 4.78 is 0. The molecule has 5 N–H and O–H groups in total. The van der Waals surface area contributed by atoms with Crippen LogP contribution in [0, 0.1) is 113 Å². The quantitative estimate of drug-likeness (QED) is 0.0126. The average Bonchev–Trinajstić information content (AvgIpc) is 0.847. The van der Waals surface area contributed by atoms with E-state index in [9.17, 15) is 35.6 Å². The Morgan fingerprint density at radius 2 is 0.407 bits per heavy atom. The Morgan fingerprint density at radius 1 is 0.274 bits per heavy atom. The lowest BCUT2D eigenvalue weighted by Gasteiger charge is -2.24. The van der Waals surface area contributed by atoms with Gasteiger partial charge in [-0.25, -0.2) is 0 Å². The van der Waals surface area contributed by atoms with Gasteiger partial charge in [-0.2, -0.15) is 0 Å². The molecule has 0 saturated carbocycles. The van der Waals surface area contributed by atoms with E-state index in [0.29, 0.717) is 72.9 Å². The van der Waals surface area contributed by atoms with Gasteiger partial charge < -0.3 is 25.5 Å². The number of nitro groups is 1. The first-order chi connectivity index (χ1) is 54.0. The van der Waals surface area contributed by atoms with E-state index in [4.69, 9.17) is 66.9 Å². The third kappa shape index (κ3) is 31.9. The number of aliphatic hydroxyl groups is 5. The molecule has 113 heavy (non-hydrogen) atoms. The Bertz CT molecular complexity index is 3940. The van der Waals surface area contributed by atoms with Gasteiger partial charge in [0.25, 0.3) is 5.69 Å². The summed E-state index contributed by atoms with van der Waals surface area (Å²) in [7, 11) is 0. The molecule has 0 aliphatic rings. The molecular formula is C102H112Cl3NO7. The molecule has 10 aromatic rings. The minimum atomic E-state index is -0.595. The second-order valence-electron chi connectivity index (χ2n) is 28.7. The maximum atomic E-state index is 10.8. The van der Waals surface area contributed by atoms with Crippen LogP contribution in [0.25, 0.3) is 0 Å². The second kappa shape index (κ2) is 50.9. The average molecular weight is 1570 g/mol. The first-order valence-corrected chi connectivity index (χ1v) is 39.6. The van der Waals surface area contributed by atoms with Crippen molar-refractivity contribution in [3.05, 3.63) is 357 Å². The molecule has 0 bridgehead atoms. The summed E-state index contributed by atoms with van der Waals surface area (Å²) in [6, 6.07) is 79.3. The molecule has 0 aliphatic heterocycles. The van der Waals surface area contributed by atoms with Gasteiger partial charge in [0.1, 0.15) is 0 Å². The molecule has 10 aromatic carbocycles. The van der Waals surface area contributed by atoms with Crippen molar-refractivity contribution in [2.75, 3.05) is 0 Å². The summed E-state index contributed by atoms with van der Waals surface area (Å²) >= 11 is 17.9. The van der Waals surface area contributed by atoms with Gasteiger partial charge in [0, 0.05) is 88.9 Å². The van der Waals surface area contributed by atoms with Gasteiger partial charge in [0.15, 0.2) is 0 Å². The molecule has 588 valence electrons. The van der Waals surface area contributed by atoms with Crippen LogP contribution in [0.2, 0.25) is 15.1 Å². The van der Waals surface area contributed by atoms with E-state index in [1.165, 1.54) is 39.9 Å². The van der Waals surface area contributed by atoms with E-state index in [1.807, 2.05) is 104 Å². The first-order valence-electron chi connectivity index (χ1n) is 38.5. The summed E-state index contributed by atoms with van der Waals surface area (Å²) in [6.07, 6.45) is 35.0. The fourth-order valence-electron chi connectivity index (χ4n) is 13.5. The Hall–Kier alpha value is -9.93. The number of unbranched alkanes of at least 4 members (excludes halogenated alkanes) is 5. The SMILES string of the molecule is C.C#CCCCC(O)C(c1ccc(C)cc1)c1ccc(C)cc1.C#CCCCC(O)C(c1ccc(C)cc1)c1ccc(Cl)cc1.C#CCCCC(O)C(c1ccc(C)cc1)c1ccc(Cl)cc1.C#CCCCC(O)C(c1ccc(C)cc1)c1ccc(Cl)cc1.C#CCCCC(O)C(c1ccc(C)cc1)c1ccc([N+](=O)[O-])cc1. The number of non-ortho nitro benzene ring substituents is 1. The molecular weight excluding hydrogens is 1460 g/mol. The topological polar surface area (TPSA) is 144 Å². The monoisotopic (exact) mass is 1570 g/mol. The number of nitrogens with zero attached hydrogens (tertiary/aromatic N) is 1. The van der Waals surface area contributed by atoms with Crippen LogP contribution in [0.15, 0.2) is 243 Å². The van der Waals surface area contributed by atoms with E-state index in [2.05, 4.69) is 186 Å². The zero-order valence-corrected chi connectivity index (χ0v) is 67.8. The second-order valence-corrected chi connectivity index (χ2v) is 30.0. The number of nitro benzene ring substituents is 1. The molecule has 0 saturated heterocycles. The molecule has 0 aromatic heterocycles. The van der Waals surface area contributed by atoms with Crippen molar-refractivity contribution >= 4 is 40.5 Å². The van der Waals surface area contributed by atoms with Crippen molar-refractivity contribution in [3.8, 4) is 61.7 Å². The van der Waals surface area contributed by atoms with E-state index in [1.54, 1.807) is 12.1 Å². The largest absolute Gasteiger partial charge is 0.392 e. The zero-order chi connectivity index (χ0) is 81.3. The maximum Gasteiger partial charge on any atom is 0.269 e. The summed E-state index contributed by atoms with van der Waals surface area (Å²) in [4.78, 5) is 10.4. The number of halogens is 3. The van der Waals surface area contributed by atoms with Crippen molar-refractivity contribution in [3.63, 3.8) is 0 Å². The summed E-state index contributed by atoms with van der Waals surface area (Å²) in [5.74, 6) is 12.7. The van der Waals surface area contributed by atoms with Crippen LogP contribution in [0.5, 0.6) is 0 Å². The highest BCUT2D eigenvalue weighted by molar-refractivity contribution is 6.31. The lowest BCUT2D eigenvalue weighted by atomic mass is 9.84. The third-order valence-electron chi connectivity index (χ3n) is 19.8. The van der Waals surface area contributed by atoms with Crippen LogP contribution < -0.4 is 0 Å². The van der Waals surface area contributed by atoms with Crippen molar-refractivity contribution in [2.45, 2.75) is 205 Å². The Balaban J connectivity index is 0.000000252. The Kier molecular flexibility index (Phi) is 42.2. The van der Waals surface area contributed by atoms with Crippen molar-refractivity contribution in [1.29, 1.82) is 0 Å². The van der Waals surface area contributed by atoms with Crippen molar-refractivity contribution in [1.82, 2.24) is 0 Å². The van der Waals surface area contributed by atoms with Crippen molar-refractivity contribution in [2.24, 2.45) is 0 Å². The molecule has 0 radical (unpaired) electrons. The highest BCUT2D eigenvalue weighted by Crippen LogP contribution is 2.37. The van der Waals surface area contributed by atoms with Gasteiger partial charge in [-0.3, -0.25) is 10.1 Å². The lowest BCUT2D eigenvalue weighted by molar-refractivity contribution is -0.384. The molecule has 10 rings (SSSR count). The molecule has 0 aliphatic carbocycles. The normalized spacial score (nSPS) is 12.9. The third-order valence-corrected chi connectivity index (χ3v) is 20.6. The van der Waals surface area contributed by atoms with E-state index >= 15 is 0 Å². The highest BCUT2D eigenvalue weighted by Gasteiger charge is 2.28. The fraction of sp³-hybridized carbons (Fsp3) is 0.314. The number of benzene rings is 10. The summed E-state index contributed by atoms with van der Waals surface area (Å²) in [5, 5.41) is 66.4. The molecule has 0 spiro atoms. The molecule has 11 heteroatoms. The first kappa shape index (κ1) is 93.7. The standard InChI is InChI=1S/C21H24O.3C20H21ClO.C20H21NO3.CH4/c1-4-5-6-7-20(22)21(18-12-8-16(2)9-13-18)19-14-10-17(3)11-15-19;3*1-3-4-5-6-19(22)20(16-9-7-15(2)8-10-16)17-11-13-18(21)14-12-17;1-3-4-5-6-19(22)20(16-9-7-15(2)8-10-16)17-11-13-18(14-12-17)21(23)24;/h1,8-15,20-22H,5-7H2,2-3H3;3*1,7-14,19-20,22H,4-6H2,2H3;1,7-14,19-20,22H,4-6H2,2H3;1H4. The zero-order valence-electron chi connectivity index (χ0n) is 65.5.